The van der Waals surface area contributed by atoms with Crippen LogP contribution in [0, 0.1) is 10.1 Å². The van der Waals surface area contributed by atoms with E-state index >= 15 is 0 Å². The van der Waals surface area contributed by atoms with Gasteiger partial charge in [-0.1, -0.05) is 23.7 Å². The molecule has 1 aliphatic rings. The average molecular weight is 362 g/mol. The van der Waals surface area contributed by atoms with Crippen molar-refractivity contribution in [3.8, 4) is 5.75 Å². The smallest absolute Gasteiger partial charge is 0.288 e. The van der Waals surface area contributed by atoms with Crippen LogP contribution in [0.4, 0.5) is 11.4 Å². The first-order valence-corrected chi connectivity index (χ1v) is 8.11. The number of rotatable bonds is 3. The number of piperazine rings is 1. The minimum Gasteiger partial charge on any atom is -0.506 e. The molecular formula is C17H16ClN3O4. The summed E-state index contributed by atoms with van der Waals surface area (Å²) in [5.41, 5.74) is 0.698. The topological polar surface area (TPSA) is 86.9 Å². The van der Waals surface area contributed by atoms with Gasteiger partial charge in [0.1, 0.15) is 10.8 Å². The van der Waals surface area contributed by atoms with Crippen molar-refractivity contribution in [2.75, 3.05) is 31.1 Å². The van der Waals surface area contributed by atoms with Crippen LogP contribution in [-0.2, 0) is 0 Å². The molecule has 1 heterocycles. The molecule has 8 heteroatoms. The minimum absolute atomic E-state index is 0.00548. The van der Waals surface area contributed by atoms with E-state index in [4.69, 9.17) is 11.6 Å². The Morgan fingerprint density at radius 3 is 2.44 bits per heavy atom. The molecule has 3 rings (SSSR count). The Balaban J connectivity index is 1.71. The number of carbonyl (C=O) groups is 1. The summed E-state index contributed by atoms with van der Waals surface area (Å²) >= 11 is 5.79. The lowest BCUT2D eigenvalue weighted by Crippen LogP contribution is -2.48. The number of halogens is 1. The van der Waals surface area contributed by atoms with Crippen molar-refractivity contribution in [1.29, 1.82) is 0 Å². The number of hydrogen-bond donors (Lipinski definition) is 1. The molecule has 1 amide bonds. The van der Waals surface area contributed by atoms with Crippen LogP contribution in [-0.4, -0.2) is 47.0 Å². The third kappa shape index (κ3) is 3.51. The zero-order valence-corrected chi connectivity index (χ0v) is 14.0. The first kappa shape index (κ1) is 17.0. The predicted octanol–water partition coefficient (Wildman–Crippen LogP) is 2.92. The molecule has 130 valence electrons. The molecule has 1 N–H and O–H groups in total. The summed E-state index contributed by atoms with van der Waals surface area (Å²) in [7, 11) is 0. The Bertz CT molecular complexity index is 819. The van der Waals surface area contributed by atoms with Gasteiger partial charge in [0.05, 0.1) is 10.6 Å². The van der Waals surface area contributed by atoms with Crippen LogP contribution >= 0.6 is 11.6 Å². The van der Waals surface area contributed by atoms with Gasteiger partial charge in [0, 0.05) is 37.8 Å². The molecule has 0 unspecified atom stereocenters. The monoisotopic (exact) mass is 361 g/mol. The molecule has 0 saturated carbocycles. The summed E-state index contributed by atoms with van der Waals surface area (Å²) in [4.78, 5) is 26.6. The predicted molar refractivity (Wildman–Crippen MR) is 94.3 cm³/mol. The van der Waals surface area contributed by atoms with Crippen LogP contribution in [0.25, 0.3) is 0 Å². The van der Waals surface area contributed by atoms with E-state index in [0.29, 0.717) is 26.2 Å². The highest BCUT2D eigenvalue weighted by molar-refractivity contribution is 6.32. The molecule has 0 bridgehead atoms. The molecule has 0 spiro atoms. The number of nitro benzene ring substituents is 1. The molecule has 0 aliphatic carbocycles. The third-order valence-electron chi connectivity index (χ3n) is 4.18. The van der Waals surface area contributed by atoms with E-state index in [9.17, 15) is 20.0 Å². The molecular weight excluding hydrogens is 346 g/mol. The van der Waals surface area contributed by atoms with Gasteiger partial charge in [-0.25, -0.2) is 0 Å². The number of carbonyl (C=O) groups excluding carboxylic acids is 1. The number of nitro groups is 1. The van der Waals surface area contributed by atoms with E-state index in [1.54, 1.807) is 17.0 Å². The highest BCUT2D eigenvalue weighted by Crippen LogP contribution is 2.28. The van der Waals surface area contributed by atoms with Gasteiger partial charge in [0.15, 0.2) is 0 Å². The van der Waals surface area contributed by atoms with Gasteiger partial charge in [-0.3, -0.25) is 14.9 Å². The van der Waals surface area contributed by atoms with Gasteiger partial charge in [-0.05, 0) is 24.3 Å². The van der Waals surface area contributed by atoms with Gasteiger partial charge >= 0.3 is 0 Å². The Morgan fingerprint density at radius 2 is 1.80 bits per heavy atom. The maximum atomic E-state index is 12.6. The Morgan fingerprint density at radius 1 is 1.12 bits per heavy atom. The molecule has 2 aromatic rings. The maximum absolute atomic E-state index is 12.6. The Hall–Kier alpha value is -2.80. The normalized spacial score (nSPS) is 14.4. The first-order chi connectivity index (χ1) is 12.0. The fourth-order valence-corrected chi connectivity index (χ4v) is 3.04. The highest BCUT2D eigenvalue weighted by atomic mass is 35.5. The number of aromatic hydroxyl groups is 1. The van der Waals surface area contributed by atoms with Crippen LogP contribution in [0.3, 0.4) is 0 Å². The van der Waals surface area contributed by atoms with Crippen LogP contribution in [0.1, 0.15) is 10.4 Å². The standard InChI is InChI=1S/C17H16ClN3O4/c18-13-6-5-12(11-15(13)21(24)25)17(23)20-9-7-19(8-10-20)14-3-1-2-4-16(14)22/h1-6,11,22H,7-10H2. The molecule has 1 aliphatic heterocycles. The molecule has 1 saturated heterocycles. The van der Waals surface area contributed by atoms with Crippen LogP contribution in [0.2, 0.25) is 5.02 Å². The average Bonchev–Trinajstić information content (AvgIpc) is 2.62. The zero-order chi connectivity index (χ0) is 18.0. The van der Waals surface area contributed by atoms with Gasteiger partial charge < -0.3 is 14.9 Å². The number of anilines is 1. The van der Waals surface area contributed by atoms with Crippen molar-refractivity contribution in [1.82, 2.24) is 4.90 Å². The van der Waals surface area contributed by atoms with Crippen LogP contribution in [0.5, 0.6) is 5.75 Å². The Kier molecular flexibility index (Phi) is 4.76. The van der Waals surface area contributed by atoms with E-state index in [1.807, 2.05) is 17.0 Å². The van der Waals surface area contributed by atoms with Crippen molar-refractivity contribution in [3.63, 3.8) is 0 Å². The molecule has 25 heavy (non-hydrogen) atoms. The summed E-state index contributed by atoms with van der Waals surface area (Å²) in [6.07, 6.45) is 0. The number of nitrogens with zero attached hydrogens (tertiary/aromatic N) is 3. The van der Waals surface area contributed by atoms with E-state index in [-0.39, 0.29) is 27.9 Å². The lowest BCUT2D eigenvalue weighted by molar-refractivity contribution is -0.384. The minimum atomic E-state index is -0.602. The van der Waals surface area contributed by atoms with Crippen LogP contribution < -0.4 is 4.90 Å². The van der Waals surface area contributed by atoms with Crippen molar-refractivity contribution in [3.05, 3.63) is 63.2 Å². The fraction of sp³-hybridized carbons (Fsp3) is 0.235. The van der Waals surface area contributed by atoms with E-state index in [2.05, 4.69) is 0 Å². The number of amides is 1. The van der Waals surface area contributed by atoms with Crippen molar-refractivity contribution >= 4 is 28.9 Å². The van der Waals surface area contributed by atoms with E-state index < -0.39 is 4.92 Å². The summed E-state index contributed by atoms with van der Waals surface area (Å²) in [6, 6.07) is 11.1. The summed E-state index contributed by atoms with van der Waals surface area (Å²) in [6.45, 7) is 2.06. The third-order valence-corrected chi connectivity index (χ3v) is 4.50. The Labute approximate surface area is 149 Å². The number of benzene rings is 2. The second kappa shape index (κ2) is 6.98. The fourth-order valence-electron chi connectivity index (χ4n) is 2.85. The first-order valence-electron chi connectivity index (χ1n) is 7.73. The SMILES string of the molecule is O=C(c1ccc(Cl)c([N+](=O)[O-])c1)N1CCN(c2ccccc2O)CC1. The zero-order valence-electron chi connectivity index (χ0n) is 13.3. The summed E-state index contributed by atoms with van der Waals surface area (Å²) in [5, 5.41) is 20.9. The maximum Gasteiger partial charge on any atom is 0.288 e. The highest BCUT2D eigenvalue weighted by Gasteiger charge is 2.25. The lowest BCUT2D eigenvalue weighted by Gasteiger charge is -2.36. The molecule has 1 fully saturated rings. The van der Waals surface area contributed by atoms with Gasteiger partial charge in [-0.2, -0.15) is 0 Å². The second-order valence-corrected chi connectivity index (χ2v) is 6.10. The summed E-state index contributed by atoms with van der Waals surface area (Å²) < 4.78 is 0. The number of hydrogen-bond acceptors (Lipinski definition) is 5. The quantitative estimate of drug-likeness (QED) is 0.671. The van der Waals surface area contributed by atoms with Gasteiger partial charge in [0.25, 0.3) is 11.6 Å². The molecule has 0 aromatic heterocycles. The van der Waals surface area contributed by atoms with Crippen molar-refractivity contribution in [2.45, 2.75) is 0 Å². The van der Waals surface area contributed by atoms with E-state index in [1.165, 1.54) is 18.2 Å². The second-order valence-electron chi connectivity index (χ2n) is 5.69. The van der Waals surface area contributed by atoms with Crippen molar-refractivity contribution in [2.24, 2.45) is 0 Å². The molecule has 7 nitrogen and oxygen atoms in total. The largest absolute Gasteiger partial charge is 0.506 e. The molecule has 0 radical (unpaired) electrons. The van der Waals surface area contributed by atoms with Gasteiger partial charge in [0.2, 0.25) is 0 Å². The number of phenols is 1. The molecule has 2 aromatic carbocycles. The number of phenolic OH excluding ortho intramolecular Hbond substituents is 1. The molecule has 0 atom stereocenters. The van der Waals surface area contributed by atoms with E-state index in [0.717, 1.165) is 5.69 Å². The lowest BCUT2D eigenvalue weighted by atomic mass is 10.1. The van der Waals surface area contributed by atoms with Crippen LogP contribution in [0.15, 0.2) is 42.5 Å². The summed E-state index contributed by atoms with van der Waals surface area (Å²) in [5.74, 6) is -0.0627. The van der Waals surface area contributed by atoms with Crippen molar-refractivity contribution < 1.29 is 14.8 Å². The van der Waals surface area contributed by atoms with Gasteiger partial charge in [-0.15, -0.1) is 0 Å². The number of para-hydroxylation sites is 2.